The minimum absolute atomic E-state index is 0.0158. The van der Waals surface area contributed by atoms with Gasteiger partial charge in [-0.1, -0.05) is 12.1 Å². The maximum Gasteiger partial charge on any atom is 0.224 e. The number of nitrogens with one attached hydrogen (secondary N) is 1. The first-order chi connectivity index (χ1) is 8.23. The standard InChI is InChI=1S/C13H14ClNO2/c14-6-13(7-17-8-13)10-2-3-11-9(5-10)1-4-12(16)15-11/h2-3,5H,1,4,6-8H2,(H,15,16). The third-order valence-electron chi connectivity index (χ3n) is 3.63. The van der Waals surface area contributed by atoms with Gasteiger partial charge in [-0.15, -0.1) is 11.6 Å². The molecule has 0 aliphatic carbocycles. The number of hydrogen-bond donors (Lipinski definition) is 1. The number of carbonyl (C=O) groups excluding carboxylic acids is 1. The van der Waals surface area contributed by atoms with Gasteiger partial charge in [0, 0.05) is 18.0 Å². The number of hydrogen-bond acceptors (Lipinski definition) is 2. The average molecular weight is 252 g/mol. The first-order valence-electron chi connectivity index (χ1n) is 5.80. The molecule has 1 fully saturated rings. The van der Waals surface area contributed by atoms with Crippen molar-refractivity contribution in [3.63, 3.8) is 0 Å². The summed E-state index contributed by atoms with van der Waals surface area (Å²) in [5.74, 6) is 0.683. The number of amides is 1. The van der Waals surface area contributed by atoms with E-state index in [-0.39, 0.29) is 11.3 Å². The lowest BCUT2D eigenvalue weighted by atomic mass is 9.79. The van der Waals surface area contributed by atoms with E-state index < -0.39 is 0 Å². The molecule has 3 rings (SSSR count). The summed E-state index contributed by atoms with van der Waals surface area (Å²) in [4.78, 5) is 11.3. The molecule has 1 N–H and O–H groups in total. The number of ether oxygens (including phenoxy) is 1. The van der Waals surface area contributed by atoms with E-state index in [0.29, 0.717) is 25.5 Å². The number of rotatable bonds is 2. The third-order valence-corrected chi connectivity index (χ3v) is 4.14. The van der Waals surface area contributed by atoms with Gasteiger partial charge >= 0.3 is 0 Å². The highest BCUT2D eigenvalue weighted by Crippen LogP contribution is 2.36. The molecule has 1 aromatic carbocycles. The topological polar surface area (TPSA) is 38.3 Å². The second-order valence-corrected chi connectivity index (χ2v) is 5.09. The van der Waals surface area contributed by atoms with Crippen LogP contribution in [0.25, 0.3) is 0 Å². The zero-order valence-corrected chi connectivity index (χ0v) is 10.2. The molecule has 0 radical (unpaired) electrons. The second kappa shape index (κ2) is 4.00. The Morgan fingerprint density at radius 3 is 2.82 bits per heavy atom. The maximum absolute atomic E-state index is 11.3. The largest absolute Gasteiger partial charge is 0.379 e. The van der Waals surface area contributed by atoms with Crippen LogP contribution in [0, 0.1) is 0 Å². The van der Waals surface area contributed by atoms with Crippen LogP contribution in [0.2, 0.25) is 0 Å². The molecule has 0 atom stereocenters. The van der Waals surface area contributed by atoms with Crippen LogP contribution in [-0.2, 0) is 21.4 Å². The van der Waals surface area contributed by atoms with Crippen LogP contribution >= 0.6 is 11.6 Å². The first kappa shape index (κ1) is 11.1. The number of aryl methyl sites for hydroxylation is 1. The number of alkyl halides is 1. The van der Waals surface area contributed by atoms with Gasteiger partial charge in [0.2, 0.25) is 5.91 Å². The number of carbonyl (C=O) groups is 1. The summed E-state index contributed by atoms with van der Waals surface area (Å²) in [5, 5.41) is 2.89. The minimum Gasteiger partial charge on any atom is -0.379 e. The van der Waals surface area contributed by atoms with Crippen LogP contribution in [0.15, 0.2) is 18.2 Å². The number of anilines is 1. The monoisotopic (exact) mass is 251 g/mol. The van der Waals surface area contributed by atoms with Crippen molar-refractivity contribution in [1.82, 2.24) is 0 Å². The molecular formula is C13H14ClNO2. The average Bonchev–Trinajstić information content (AvgIpc) is 2.28. The molecule has 0 unspecified atom stereocenters. The predicted molar refractivity (Wildman–Crippen MR) is 66.6 cm³/mol. The molecule has 1 aromatic rings. The van der Waals surface area contributed by atoms with Gasteiger partial charge in [0.25, 0.3) is 0 Å². The zero-order valence-electron chi connectivity index (χ0n) is 9.46. The first-order valence-corrected chi connectivity index (χ1v) is 6.34. The fraction of sp³-hybridized carbons (Fsp3) is 0.462. The van der Waals surface area contributed by atoms with E-state index in [2.05, 4.69) is 17.4 Å². The van der Waals surface area contributed by atoms with E-state index in [1.807, 2.05) is 6.07 Å². The lowest BCUT2D eigenvalue weighted by Crippen LogP contribution is -2.48. The van der Waals surface area contributed by atoms with E-state index in [0.717, 1.165) is 12.1 Å². The summed E-state index contributed by atoms with van der Waals surface area (Å²) in [7, 11) is 0. The van der Waals surface area contributed by atoms with Crippen molar-refractivity contribution < 1.29 is 9.53 Å². The van der Waals surface area contributed by atoms with Crippen molar-refractivity contribution in [1.29, 1.82) is 0 Å². The molecule has 4 heteroatoms. The molecule has 3 nitrogen and oxygen atoms in total. The van der Waals surface area contributed by atoms with E-state index in [9.17, 15) is 4.79 Å². The summed E-state index contributed by atoms with van der Waals surface area (Å²) in [6.07, 6.45) is 1.38. The highest BCUT2D eigenvalue weighted by atomic mass is 35.5. The Hall–Kier alpha value is -1.06. The highest BCUT2D eigenvalue weighted by Gasteiger charge is 2.40. The summed E-state index contributed by atoms with van der Waals surface area (Å²) < 4.78 is 5.29. The van der Waals surface area contributed by atoms with Crippen LogP contribution in [0.3, 0.4) is 0 Å². The molecule has 2 heterocycles. The van der Waals surface area contributed by atoms with Gasteiger partial charge in [-0.3, -0.25) is 4.79 Å². The molecule has 17 heavy (non-hydrogen) atoms. The van der Waals surface area contributed by atoms with Crippen molar-refractivity contribution in [2.24, 2.45) is 0 Å². The molecule has 1 saturated heterocycles. The van der Waals surface area contributed by atoms with Gasteiger partial charge in [-0.05, 0) is 23.6 Å². The maximum atomic E-state index is 11.3. The van der Waals surface area contributed by atoms with Gasteiger partial charge in [-0.25, -0.2) is 0 Å². The Kier molecular flexibility index (Phi) is 2.60. The fourth-order valence-electron chi connectivity index (χ4n) is 2.38. The smallest absolute Gasteiger partial charge is 0.224 e. The van der Waals surface area contributed by atoms with Gasteiger partial charge in [0.15, 0.2) is 0 Å². The molecule has 0 bridgehead atoms. The number of benzene rings is 1. The summed E-state index contributed by atoms with van der Waals surface area (Å²) in [5.41, 5.74) is 3.36. The molecule has 0 saturated carbocycles. The quantitative estimate of drug-likeness (QED) is 0.818. The molecule has 0 aromatic heterocycles. The van der Waals surface area contributed by atoms with Gasteiger partial charge in [0.05, 0.1) is 18.6 Å². The number of fused-ring (bicyclic) bond motifs is 1. The summed E-state index contributed by atoms with van der Waals surface area (Å²) in [6, 6.07) is 6.20. The zero-order chi connectivity index (χ0) is 11.9. The van der Waals surface area contributed by atoms with E-state index in [1.54, 1.807) is 0 Å². The van der Waals surface area contributed by atoms with Crippen LogP contribution < -0.4 is 5.32 Å². The second-order valence-electron chi connectivity index (χ2n) is 4.83. The summed E-state index contributed by atoms with van der Waals surface area (Å²) >= 11 is 6.05. The highest BCUT2D eigenvalue weighted by molar-refractivity contribution is 6.18. The summed E-state index contributed by atoms with van der Waals surface area (Å²) in [6.45, 7) is 1.39. The molecule has 2 aliphatic rings. The van der Waals surface area contributed by atoms with E-state index in [4.69, 9.17) is 16.3 Å². The van der Waals surface area contributed by atoms with Crippen molar-refractivity contribution in [3.8, 4) is 0 Å². The van der Waals surface area contributed by atoms with Gasteiger partial charge in [0.1, 0.15) is 0 Å². The third kappa shape index (κ3) is 1.74. The fourth-order valence-corrected chi connectivity index (χ4v) is 2.69. The van der Waals surface area contributed by atoms with Crippen LogP contribution in [0.4, 0.5) is 5.69 Å². The Morgan fingerprint density at radius 2 is 2.18 bits per heavy atom. The van der Waals surface area contributed by atoms with Crippen molar-refractivity contribution in [2.45, 2.75) is 18.3 Å². The Labute approximate surface area is 105 Å². The van der Waals surface area contributed by atoms with Gasteiger partial charge in [-0.2, -0.15) is 0 Å². The molecule has 0 spiro atoms. The Balaban J connectivity index is 1.96. The normalized spacial score (nSPS) is 21.4. The lowest BCUT2D eigenvalue weighted by Gasteiger charge is -2.40. The Morgan fingerprint density at radius 1 is 1.35 bits per heavy atom. The molecular weight excluding hydrogens is 238 g/mol. The van der Waals surface area contributed by atoms with E-state index in [1.165, 1.54) is 11.1 Å². The Bertz CT molecular complexity index is 463. The van der Waals surface area contributed by atoms with Crippen molar-refractivity contribution in [2.75, 3.05) is 24.4 Å². The predicted octanol–water partition coefficient (Wildman–Crippen LogP) is 2.08. The van der Waals surface area contributed by atoms with Crippen LogP contribution in [0.5, 0.6) is 0 Å². The number of halogens is 1. The van der Waals surface area contributed by atoms with Crippen LogP contribution in [0.1, 0.15) is 17.5 Å². The molecule has 2 aliphatic heterocycles. The van der Waals surface area contributed by atoms with E-state index >= 15 is 0 Å². The van der Waals surface area contributed by atoms with Gasteiger partial charge < -0.3 is 10.1 Å². The molecule has 90 valence electrons. The van der Waals surface area contributed by atoms with Crippen LogP contribution in [-0.4, -0.2) is 25.0 Å². The molecule has 1 amide bonds. The van der Waals surface area contributed by atoms with Crippen molar-refractivity contribution >= 4 is 23.2 Å². The minimum atomic E-state index is -0.0158. The SMILES string of the molecule is O=C1CCc2cc(C3(CCl)COC3)ccc2N1. The van der Waals surface area contributed by atoms with Crippen molar-refractivity contribution in [3.05, 3.63) is 29.3 Å². The lowest BCUT2D eigenvalue weighted by molar-refractivity contribution is -0.116.